The highest BCUT2D eigenvalue weighted by Gasteiger charge is 2.52. The van der Waals surface area contributed by atoms with E-state index in [9.17, 15) is 25.2 Å². The lowest BCUT2D eigenvalue weighted by atomic mass is 9.83. The molecule has 16 nitrogen and oxygen atoms in total. The van der Waals surface area contributed by atoms with Gasteiger partial charge in [0.25, 0.3) is 0 Å². The summed E-state index contributed by atoms with van der Waals surface area (Å²) in [5.74, 6) is 0.206. The Bertz CT molecular complexity index is 970. The van der Waals surface area contributed by atoms with E-state index < -0.39 is 78.3 Å². The maximum absolute atomic E-state index is 13.1. The van der Waals surface area contributed by atoms with E-state index in [0.29, 0.717) is 38.2 Å². The van der Waals surface area contributed by atoms with Crippen molar-refractivity contribution in [2.24, 2.45) is 17.2 Å². The lowest BCUT2D eigenvalue weighted by molar-refractivity contribution is -0.304. The molecular weight excluding hydrogens is 578 g/mol. The van der Waals surface area contributed by atoms with Gasteiger partial charge in [0.15, 0.2) is 6.29 Å². The summed E-state index contributed by atoms with van der Waals surface area (Å²) in [6.07, 6.45) is -3.45. The molecule has 0 aromatic carbocycles. The Labute approximate surface area is 258 Å². The first-order chi connectivity index (χ1) is 20.9. The minimum Gasteiger partial charge on any atom is -0.467 e. The number of likely N-dealkylation sites (N-methyl/N-ethyl adjacent to an activating group) is 1. The Balaban J connectivity index is 1.48. The lowest BCUT2D eigenvalue weighted by Gasteiger charge is -2.49. The third-order valence-electron chi connectivity index (χ3n) is 8.89. The normalized spacial score (nSPS) is 42.9. The second kappa shape index (κ2) is 15.4. The number of hydrogen-bond acceptors (Lipinski definition) is 15. The molecule has 16 heteroatoms. The van der Waals surface area contributed by atoms with Gasteiger partial charge >= 0.3 is 0 Å². The molecule has 4 aliphatic rings. The van der Waals surface area contributed by atoms with Gasteiger partial charge in [-0.3, -0.25) is 4.79 Å². The number of hydrogen-bond donors (Lipinski definition) is 11. The van der Waals surface area contributed by atoms with E-state index in [4.69, 9.17) is 36.1 Å². The van der Waals surface area contributed by atoms with Crippen LogP contribution in [0.1, 0.15) is 39.0 Å². The highest BCUT2D eigenvalue weighted by atomic mass is 16.7. The van der Waals surface area contributed by atoms with Crippen LogP contribution in [0, 0.1) is 0 Å². The minimum atomic E-state index is -1.40. The molecule has 12 atom stereocenters. The van der Waals surface area contributed by atoms with E-state index in [1.165, 1.54) is 6.92 Å². The van der Waals surface area contributed by atoms with Crippen molar-refractivity contribution in [1.29, 1.82) is 0 Å². The predicted octanol–water partition coefficient (Wildman–Crippen LogP) is -4.60. The van der Waals surface area contributed by atoms with Gasteiger partial charge < -0.3 is 77.8 Å². The number of nitrogens with one attached hydrogen (secondary N) is 4. The SMILES string of the molecule is CN[C@@H]1[C@@H](O)[C@@H](O[C@@H]2[C@@H](O)[C@H](O[C@H]3OC(CNCCCN)=CC[C@H]3N)[C@@H](N)C[C@H]2NC(=O)CC2(O)CCNC2)OC[C@]1(C)O. The molecule has 0 aromatic rings. The van der Waals surface area contributed by atoms with Gasteiger partial charge in [-0.15, -0.1) is 0 Å². The number of amides is 1. The van der Waals surface area contributed by atoms with Gasteiger partial charge in [0, 0.05) is 12.6 Å². The van der Waals surface area contributed by atoms with Crippen molar-refractivity contribution in [3.63, 3.8) is 0 Å². The van der Waals surface area contributed by atoms with Gasteiger partial charge in [-0.05, 0) is 65.4 Å². The molecule has 0 bridgehead atoms. The highest BCUT2D eigenvalue weighted by Crippen LogP contribution is 2.32. The molecule has 1 amide bonds. The molecule has 254 valence electrons. The summed E-state index contributed by atoms with van der Waals surface area (Å²) in [5, 5.41) is 56.2. The molecule has 0 radical (unpaired) electrons. The van der Waals surface area contributed by atoms with Crippen LogP contribution in [-0.4, -0.2) is 145 Å². The fourth-order valence-corrected chi connectivity index (χ4v) is 6.40. The average molecular weight is 632 g/mol. The Morgan fingerprint density at radius 1 is 1.16 bits per heavy atom. The van der Waals surface area contributed by atoms with Crippen molar-refractivity contribution < 1.29 is 44.2 Å². The van der Waals surface area contributed by atoms with Crippen LogP contribution in [0.15, 0.2) is 11.8 Å². The fourth-order valence-electron chi connectivity index (χ4n) is 6.40. The van der Waals surface area contributed by atoms with Crippen LogP contribution < -0.4 is 38.5 Å². The number of carbonyl (C=O) groups is 1. The van der Waals surface area contributed by atoms with Gasteiger partial charge in [0.05, 0.1) is 43.3 Å². The molecule has 2 saturated heterocycles. The summed E-state index contributed by atoms with van der Waals surface area (Å²) < 4.78 is 24.1. The van der Waals surface area contributed by atoms with Crippen LogP contribution in [0.4, 0.5) is 0 Å². The van der Waals surface area contributed by atoms with Gasteiger partial charge in [-0.25, -0.2) is 0 Å². The topological polar surface area (TPSA) is 261 Å². The zero-order chi connectivity index (χ0) is 32.1. The van der Waals surface area contributed by atoms with Crippen LogP contribution in [0.2, 0.25) is 0 Å². The van der Waals surface area contributed by atoms with Crippen molar-refractivity contribution in [2.45, 2.75) is 111 Å². The molecule has 0 spiro atoms. The van der Waals surface area contributed by atoms with Crippen molar-refractivity contribution in [3.05, 3.63) is 11.8 Å². The molecule has 1 unspecified atom stereocenters. The van der Waals surface area contributed by atoms with E-state index >= 15 is 0 Å². The Hall–Kier alpha value is -1.51. The number of nitrogens with two attached hydrogens (primary N) is 3. The molecule has 1 saturated carbocycles. The van der Waals surface area contributed by atoms with E-state index in [-0.39, 0.29) is 26.0 Å². The van der Waals surface area contributed by atoms with E-state index in [1.807, 2.05) is 6.08 Å². The van der Waals surface area contributed by atoms with Crippen LogP contribution in [0.5, 0.6) is 0 Å². The molecular formula is C28H53N7O9. The van der Waals surface area contributed by atoms with Crippen LogP contribution in [0.3, 0.4) is 0 Å². The third-order valence-corrected chi connectivity index (χ3v) is 8.89. The van der Waals surface area contributed by atoms with E-state index in [1.54, 1.807) is 7.05 Å². The Kier molecular flexibility index (Phi) is 12.4. The number of carbonyl (C=O) groups excluding carboxylic acids is 1. The number of β-amino-alcohol motifs (C(OH)–C–C–N with tert-alkyl or cyclic N) is 1. The predicted molar refractivity (Wildman–Crippen MR) is 159 cm³/mol. The van der Waals surface area contributed by atoms with Crippen molar-refractivity contribution >= 4 is 5.91 Å². The molecule has 3 fully saturated rings. The summed E-state index contributed by atoms with van der Waals surface area (Å²) >= 11 is 0. The standard InChI is InChI=1S/C28H53N7O9/c1-27(39)14-41-26(21(38)24(27)32-2)44-23-18(35-19(36)11-28(40)6-9-34-13-28)10-17(31)22(20(23)37)43-25-16(30)5-4-15(42-25)12-33-8-3-7-29/h4,16-18,20-26,32-34,37-40H,3,5-14,29-31H2,1-2H3,(H,35,36)/t16-,17+,18-,20+,21-,22-,23+,24-,25-,26-,27+,28?/m1/s1. The molecule has 4 rings (SSSR count). The first-order valence-electron chi connectivity index (χ1n) is 15.6. The van der Waals surface area contributed by atoms with Gasteiger partial charge in [0.2, 0.25) is 12.2 Å². The average Bonchev–Trinajstić information content (AvgIpc) is 3.39. The molecule has 3 aliphatic heterocycles. The van der Waals surface area contributed by atoms with Crippen molar-refractivity contribution in [2.75, 3.05) is 46.4 Å². The second-order valence-corrected chi connectivity index (χ2v) is 12.8. The highest BCUT2D eigenvalue weighted by molar-refractivity contribution is 5.77. The molecule has 1 aliphatic carbocycles. The Morgan fingerprint density at radius 3 is 2.59 bits per heavy atom. The summed E-state index contributed by atoms with van der Waals surface area (Å²) in [6, 6.07) is -2.91. The minimum absolute atomic E-state index is 0.135. The molecule has 44 heavy (non-hydrogen) atoms. The summed E-state index contributed by atoms with van der Waals surface area (Å²) in [5.41, 5.74) is 15.8. The smallest absolute Gasteiger partial charge is 0.223 e. The van der Waals surface area contributed by atoms with E-state index in [0.717, 1.165) is 13.0 Å². The lowest BCUT2D eigenvalue weighted by Crippen LogP contribution is -2.69. The summed E-state index contributed by atoms with van der Waals surface area (Å²) in [4.78, 5) is 13.1. The van der Waals surface area contributed by atoms with Crippen molar-refractivity contribution in [3.8, 4) is 0 Å². The van der Waals surface area contributed by atoms with Crippen LogP contribution >= 0.6 is 0 Å². The molecule has 0 aromatic heterocycles. The van der Waals surface area contributed by atoms with Crippen LogP contribution in [0.25, 0.3) is 0 Å². The first-order valence-corrected chi connectivity index (χ1v) is 15.6. The summed E-state index contributed by atoms with van der Waals surface area (Å²) in [7, 11) is 1.60. The number of aliphatic hydroxyl groups is 4. The van der Waals surface area contributed by atoms with Gasteiger partial charge in [0.1, 0.15) is 35.8 Å². The number of ether oxygens (including phenoxy) is 4. The molecule has 3 heterocycles. The third kappa shape index (κ3) is 8.64. The second-order valence-electron chi connectivity index (χ2n) is 12.8. The van der Waals surface area contributed by atoms with Crippen LogP contribution in [-0.2, 0) is 23.7 Å². The summed E-state index contributed by atoms with van der Waals surface area (Å²) in [6.45, 7) is 4.01. The zero-order valence-corrected chi connectivity index (χ0v) is 25.7. The number of aliphatic hydroxyl groups excluding tert-OH is 2. The van der Waals surface area contributed by atoms with Crippen molar-refractivity contribution in [1.82, 2.24) is 21.3 Å². The Morgan fingerprint density at radius 2 is 1.91 bits per heavy atom. The zero-order valence-electron chi connectivity index (χ0n) is 25.7. The fraction of sp³-hybridized carbons (Fsp3) is 0.893. The van der Waals surface area contributed by atoms with Gasteiger partial charge in [-0.1, -0.05) is 0 Å². The van der Waals surface area contributed by atoms with Gasteiger partial charge in [-0.2, -0.15) is 0 Å². The maximum Gasteiger partial charge on any atom is 0.223 e. The quantitative estimate of drug-likeness (QED) is 0.0855. The molecule has 14 N–H and O–H groups in total. The largest absolute Gasteiger partial charge is 0.467 e. The first kappa shape index (κ1) is 35.3. The maximum atomic E-state index is 13.1. The van der Waals surface area contributed by atoms with E-state index in [2.05, 4.69) is 21.3 Å². The number of rotatable bonds is 13. The monoisotopic (exact) mass is 631 g/mol.